The summed E-state index contributed by atoms with van der Waals surface area (Å²) >= 11 is 1.38. The average molecular weight is 323 g/mol. The van der Waals surface area contributed by atoms with E-state index >= 15 is 0 Å². The quantitative estimate of drug-likeness (QED) is 0.689. The molecule has 2 aromatic heterocycles. The smallest absolute Gasteiger partial charge is 0.216 e. The van der Waals surface area contributed by atoms with Gasteiger partial charge in [0.15, 0.2) is 0 Å². The van der Waals surface area contributed by atoms with Crippen molar-refractivity contribution < 1.29 is 0 Å². The minimum absolute atomic E-state index is 0.225. The fourth-order valence-electron chi connectivity index (χ4n) is 2.38. The van der Waals surface area contributed by atoms with E-state index in [9.17, 15) is 5.26 Å². The molecule has 0 aliphatic rings. The summed E-state index contributed by atoms with van der Waals surface area (Å²) in [4.78, 5) is 8.81. The van der Waals surface area contributed by atoms with E-state index in [1.165, 1.54) is 17.3 Å². The molecule has 1 atom stereocenters. The molecule has 0 fully saturated rings. The SMILES string of the molecule is Cc1ccc(C[C@H](C#N)Sc2nc3nc(C)cc(C)n3n2)cc1. The molecule has 0 aliphatic carbocycles. The fraction of sp³-hybridized carbons (Fsp3) is 0.294. The summed E-state index contributed by atoms with van der Waals surface area (Å²) < 4.78 is 1.72. The Labute approximate surface area is 139 Å². The van der Waals surface area contributed by atoms with E-state index in [0.717, 1.165) is 17.0 Å². The molecule has 0 bridgehead atoms. The second kappa shape index (κ2) is 6.39. The molecule has 0 aliphatic heterocycles. The van der Waals surface area contributed by atoms with Crippen LogP contribution in [0.15, 0.2) is 35.5 Å². The molecule has 0 N–H and O–H groups in total. The third-order valence-electron chi connectivity index (χ3n) is 3.53. The van der Waals surface area contributed by atoms with Gasteiger partial charge in [-0.1, -0.05) is 41.6 Å². The third kappa shape index (κ3) is 3.51. The van der Waals surface area contributed by atoms with E-state index in [2.05, 4.69) is 52.3 Å². The Hall–Kier alpha value is -2.39. The van der Waals surface area contributed by atoms with E-state index in [0.29, 0.717) is 17.4 Å². The summed E-state index contributed by atoms with van der Waals surface area (Å²) in [5, 5.41) is 14.2. The molecule has 0 spiro atoms. The second-order valence-electron chi connectivity index (χ2n) is 5.57. The van der Waals surface area contributed by atoms with Crippen molar-refractivity contribution in [2.24, 2.45) is 0 Å². The number of rotatable bonds is 4. The first-order chi connectivity index (χ1) is 11.0. The molecule has 0 saturated carbocycles. The van der Waals surface area contributed by atoms with Gasteiger partial charge in [0, 0.05) is 11.4 Å². The van der Waals surface area contributed by atoms with Crippen LogP contribution in [-0.4, -0.2) is 24.8 Å². The van der Waals surface area contributed by atoms with Gasteiger partial charge < -0.3 is 0 Å². The summed E-state index contributed by atoms with van der Waals surface area (Å²) in [6, 6.07) is 12.5. The molecule has 1 aromatic carbocycles. The first-order valence-corrected chi connectivity index (χ1v) is 8.26. The van der Waals surface area contributed by atoms with Gasteiger partial charge in [0.2, 0.25) is 5.16 Å². The van der Waals surface area contributed by atoms with E-state index in [-0.39, 0.29) is 5.25 Å². The Morgan fingerprint density at radius 1 is 1.17 bits per heavy atom. The normalized spacial score (nSPS) is 12.3. The van der Waals surface area contributed by atoms with Crippen molar-refractivity contribution >= 4 is 17.5 Å². The maximum atomic E-state index is 9.43. The topological polar surface area (TPSA) is 66.9 Å². The van der Waals surface area contributed by atoms with Gasteiger partial charge in [0.1, 0.15) is 5.25 Å². The molecule has 0 saturated heterocycles. The molecular formula is C17H17N5S. The minimum atomic E-state index is -0.225. The van der Waals surface area contributed by atoms with Crippen molar-refractivity contribution in [1.82, 2.24) is 19.6 Å². The Morgan fingerprint density at radius 3 is 2.61 bits per heavy atom. The zero-order chi connectivity index (χ0) is 16.4. The predicted octanol–water partition coefficient (Wildman–Crippen LogP) is 3.28. The summed E-state index contributed by atoms with van der Waals surface area (Å²) in [6.45, 7) is 5.96. The number of benzene rings is 1. The zero-order valence-electron chi connectivity index (χ0n) is 13.3. The highest BCUT2D eigenvalue weighted by Gasteiger charge is 2.15. The lowest BCUT2D eigenvalue weighted by Crippen LogP contribution is -2.04. The van der Waals surface area contributed by atoms with Crippen LogP contribution in [0.2, 0.25) is 0 Å². The van der Waals surface area contributed by atoms with Crippen molar-refractivity contribution in [3.8, 4) is 6.07 Å². The van der Waals surface area contributed by atoms with Gasteiger partial charge in [-0.25, -0.2) is 9.50 Å². The summed E-state index contributed by atoms with van der Waals surface area (Å²) in [5.41, 5.74) is 4.26. The monoisotopic (exact) mass is 323 g/mol. The minimum Gasteiger partial charge on any atom is -0.216 e. The van der Waals surface area contributed by atoms with Gasteiger partial charge >= 0.3 is 0 Å². The molecule has 6 heteroatoms. The number of hydrogen-bond donors (Lipinski definition) is 0. The van der Waals surface area contributed by atoms with Gasteiger partial charge in [0.05, 0.1) is 6.07 Å². The standard InChI is InChI=1S/C17H17N5S/c1-11-4-6-14(7-5-11)9-15(10-18)23-17-20-16-19-12(2)8-13(3)22(16)21-17/h4-8,15H,9H2,1-3H3/t15-/m1/s1. The average Bonchev–Trinajstić information content (AvgIpc) is 2.91. The molecule has 3 aromatic rings. The third-order valence-corrected chi connectivity index (χ3v) is 4.47. The van der Waals surface area contributed by atoms with Crippen LogP contribution >= 0.6 is 11.8 Å². The highest BCUT2D eigenvalue weighted by molar-refractivity contribution is 8.00. The lowest BCUT2D eigenvalue weighted by molar-refractivity contribution is 0.841. The lowest BCUT2D eigenvalue weighted by atomic mass is 10.1. The lowest BCUT2D eigenvalue weighted by Gasteiger charge is -2.06. The first kappa shape index (κ1) is 15.5. The number of fused-ring (bicyclic) bond motifs is 1. The molecule has 3 rings (SSSR count). The molecule has 2 heterocycles. The van der Waals surface area contributed by atoms with Crippen LogP contribution < -0.4 is 0 Å². The van der Waals surface area contributed by atoms with Gasteiger partial charge in [-0.2, -0.15) is 10.2 Å². The summed E-state index contributed by atoms with van der Waals surface area (Å²) in [7, 11) is 0. The van der Waals surface area contributed by atoms with Gasteiger partial charge in [-0.15, -0.1) is 5.10 Å². The number of nitriles is 1. The Morgan fingerprint density at radius 2 is 1.91 bits per heavy atom. The van der Waals surface area contributed by atoms with Crippen molar-refractivity contribution in [2.45, 2.75) is 37.6 Å². The van der Waals surface area contributed by atoms with Gasteiger partial charge in [-0.05, 0) is 38.8 Å². The maximum Gasteiger partial charge on any atom is 0.253 e. The van der Waals surface area contributed by atoms with Crippen molar-refractivity contribution in [3.05, 3.63) is 52.8 Å². The Bertz CT molecular complexity index is 876. The van der Waals surface area contributed by atoms with Crippen LogP contribution in [0.1, 0.15) is 22.5 Å². The van der Waals surface area contributed by atoms with Crippen LogP contribution in [0.3, 0.4) is 0 Å². The molecular weight excluding hydrogens is 306 g/mol. The number of aromatic nitrogens is 4. The van der Waals surface area contributed by atoms with E-state index in [1.54, 1.807) is 4.52 Å². The fourth-order valence-corrected chi connectivity index (χ4v) is 3.22. The molecule has 0 radical (unpaired) electrons. The number of thioether (sulfide) groups is 1. The predicted molar refractivity (Wildman–Crippen MR) is 90.4 cm³/mol. The summed E-state index contributed by atoms with van der Waals surface area (Å²) in [5.74, 6) is 0.581. The Kier molecular flexibility index (Phi) is 4.30. The highest BCUT2D eigenvalue weighted by atomic mass is 32.2. The Balaban J connectivity index is 1.80. The van der Waals surface area contributed by atoms with Crippen LogP contribution in [-0.2, 0) is 6.42 Å². The number of hydrogen-bond acceptors (Lipinski definition) is 5. The highest BCUT2D eigenvalue weighted by Crippen LogP contribution is 2.23. The van der Waals surface area contributed by atoms with Crippen molar-refractivity contribution in [2.75, 3.05) is 0 Å². The molecule has 116 valence electrons. The molecule has 0 amide bonds. The van der Waals surface area contributed by atoms with Crippen molar-refractivity contribution in [3.63, 3.8) is 0 Å². The molecule has 0 unspecified atom stereocenters. The van der Waals surface area contributed by atoms with Crippen LogP contribution in [0, 0.1) is 32.1 Å². The molecule has 23 heavy (non-hydrogen) atoms. The van der Waals surface area contributed by atoms with Gasteiger partial charge in [-0.3, -0.25) is 0 Å². The van der Waals surface area contributed by atoms with Crippen LogP contribution in [0.25, 0.3) is 5.78 Å². The zero-order valence-corrected chi connectivity index (χ0v) is 14.1. The van der Waals surface area contributed by atoms with E-state index in [4.69, 9.17) is 0 Å². The van der Waals surface area contributed by atoms with E-state index < -0.39 is 0 Å². The maximum absolute atomic E-state index is 9.43. The van der Waals surface area contributed by atoms with Gasteiger partial charge in [0.25, 0.3) is 5.78 Å². The first-order valence-electron chi connectivity index (χ1n) is 7.38. The number of nitrogens with zero attached hydrogens (tertiary/aromatic N) is 5. The van der Waals surface area contributed by atoms with Crippen molar-refractivity contribution in [1.29, 1.82) is 5.26 Å². The van der Waals surface area contributed by atoms with Crippen LogP contribution in [0.4, 0.5) is 0 Å². The molecule has 5 nitrogen and oxygen atoms in total. The largest absolute Gasteiger partial charge is 0.253 e. The van der Waals surface area contributed by atoms with E-state index in [1.807, 2.05) is 19.9 Å². The summed E-state index contributed by atoms with van der Waals surface area (Å²) in [6.07, 6.45) is 0.669. The van der Waals surface area contributed by atoms with Crippen LogP contribution in [0.5, 0.6) is 0 Å². The number of aryl methyl sites for hydroxylation is 3. The second-order valence-corrected chi connectivity index (χ2v) is 6.74.